The molecule has 0 aromatic heterocycles. The second-order valence-corrected chi connectivity index (χ2v) is 7.90. The first-order valence-electron chi connectivity index (χ1n) is 10.8. The highest BCUT2D eigenvalue weighted by Gasteiger charge is 2.21. The highest BCUT2D eigenvalue weighted by Crippen LogP contribution is 2.13. The highest BCUT2D eigenvalue weighted by molar-refractivity contribution is 5.80. The van der Waals surface area contributed by atoms with Gasteiger partial charge in [-0.15, -0.1) is 0 Å². The number of hydrogen-bond donors (Lipinski definition) is 1. The van der Waals surface area contributed by atoms with E-state index in [1.165, 1.54) is 11.1 Å². The molecule has 7 heteroatoms. The second-order valence-electron chi connectivity index (χ2n) is 7.90. The van der Waals surface area contributed by atoms with E-state index in [4.69, 9.17) is 9.73 Å². The molecule has 2 heterocycles. The van der Waals surface area contributed by atoms with Gasteiger partial charge in [0, 0.05) is 59.3 Å². The van der Waals surface area contributed by atoms with E-state index >= 15 is 0 Å². The topological polar surface area (TPSA) is 60.4 Å². The molecule has 2 fully saturated rings. The standard InChI is InChI=1S/C22H35N5O2/c1-4-23-22(27-10-8-26(9-11-27)19(3)28)24-15-20-6-5-7-21(14-20)17-25-12-13-29-18(2)16-25/h5-7,14,18H,4,8-13,15-17H2,1-3H3,(H,23,24). The Morgan fingerprint density at radius 3 is 2.59 bits per heavy atom. The highest BCUT2D eigenvalue weighted by atomic mass is 16.5. The third-order valence-corrected chi connectivity index (χ3v) is 5.49. The van der Waals surface area contributed by atoms with Gasteiger partial charge in [0.15, 0.2) is 5.96 Å². The van der Waals surface area contributed by atoms with Gasteiger partial charge in [-0.3, -0.25) is 9.69 Å². The number of carbonyl (C=O) groups excluding carboxylic acids is 1. The van der Waals surface area contributed by atoms with E-state index in [9.17, 15) is 4.79 Å². The summed E-state index contributed by atoms with van der Waals surface area (Å²) in [6.07, 6.45) is 0.308. The average molecular weight is 402 g/mol. The SMILES string of the molecule is CCNC(=NCc1cccc(CN2CCOC(C)C2)c1)N1CCN(C(C)=O)CC1. The Morgan fingerprint density at radius 2 is 1.90 bits per heavy atom. The minimum Gasteiger partial charge on any atom is -0.376 e. The van der Waals surface area contributed by atoms with Crippen molar-refractivity contribution >= 4 is 11.9 Å². The quantitative estimate of drug-likeness (QED) is 0.599. The summed E-state index contributed by atoms with van der Waals surface area (Å²) < 4.78 is 5.64. The number of piperazine rings is 1. The normalized spacial score (nSPS) is 21.3. The molecule has 160 valence electrons. The van der Waals surface area contributed by atoms with Crippen molar-refractivity contribution in [1.29, 1.82) is 0 Å². The third-order valence-electron chi connectivity index (χ3n) is 5.49. The molecule has 0 saturated carbocycles. The van der Waals surface area contributed by atoms with Crippen molar-refractivity contribution in [3.05, 3.63) is 35.4 Å². The number of amides is 1. The van der Waals surface area contributed by atoms with Crippen LogP contribution in [-0.2, 0) is 22.6 Å². The molecule has 1 amide bonds. The molecule has 2 aliphatic heterocycles. The maximum absolute atomic E-state index is 11.6. The minimum atomic E-state index is 0.151. The van der Waals surface area contributed by atoms with Gasteiger partial charge in [-0.2, -0.15) is 0 Å². The van der Waals surface area contributed by atoms with Gasteiger partial charge in [0.1, 0.15) is 0 Å². The maximum atomic E-state index is 11.6. The number of benzene rings is 1. The van der Waals surface area contributed by atoms with Crippen molar-refractivity contribution in [2.24, 2.45) is 4.99 Å². The van der Waals surface area contributed by atoms with E-state index in [-0.39, 0.29) is 5.91 Å². The Hall–Kier alpha value is -2.12. The van der Waals surface area contributed by atoms with Crippen molar-refractivity contribution < 1.29 is 9.53 Å². The summed E-state index contributed by atoms with van der Waals surface area (Å²) in [6.45, 7) is 14.3. The van der Waals surface area contributed by atoms with Crippen molar-refractivity contribution in [2.45, 2.75) is 40.0 Å². The first kappa shape index (κ1) is 21.6. The van der Waals surface area contributed by atoms with E-state index in [0.29, 0.717) is 12.6 Å². The van der Waals surface area contributed by atoms with Crippen LogP contribution in [0.25, 0.3) is 0 Å². The van der Waals surface area contributed by atoms with E-state index in [0.717, 1.165) is 64.9 Å². The molecule has 1 unspecified atom stereocenters. The monoisotopic (exact) mass is 401 g/mol. The van der Waals surface area contributed by atoms with Gasteiger partial charge in [-0.05, 0) is 25.0 Å². The van der Waals surface area contributed by atoms with Crippen LogP contribution in [0.1, 0.15) is 31.9 Å². The molecule has 0 aliphatic carbocycles. The number of aliphatic imine (C=N–C) groups is 1. The molecule has 0 spiro atoms. The lowest BCUT2D eigenvalue weighted by Crippen LogP contribution is -2.53. The first-order chi connectivity index (χ1) is 14.0. The number of rotatable bonds is 5. The molecular formula is C22H35N5O2. The molecule has 29 heavy (non-hydrogen) atoms. The summed E-state index contributed by atoms with van der Waals surface area (Å²) >= 11 is 0. The Morgan fingerprint density at radius 1 is 1.17 bits per heavy atom. The van der Waals surface area contributed by atoms with Crippen molar-refractivity contribution in [1.82, 2.24) is 20.0 Å². The van der Waals surface area contributed by atoms with E-state index in [2.05, 4.69) is 53.2 Å². The Balaban J connectivity index is 1.60. The lowest BCUT2D eigenvalue weighted by molar-refractivity contribution is -0.130. The zero-order chi connectivity index (χ0) is 20.6. The van der Waals surface area contributed by atoms with Gasteiger partial charge in [0.2, 0.25) is 5.91 Å². The van der Waals surface area contributed by atoms with Crippen LogP contribution in [0.3, 0.4) is 0 Å². The fourth-order valence-corrected chi connectivity index (χ4v) is 3.94. The Labute approximate surface area is 174 Å². The third kappa shape index (κ3) is 6.44. The lowest BCUT2D eigenvalue weighted by Gasteiger charge is -2.36. The molecule has 2 aliphatic rings. The molecule has 1 N–H and O–H groups in total. The summed E-state index contributed by atoms with van der Waals surface area (Å²) in [5.41, 5.74) is 2.55. The number of morpholine rings is 1. The van der Waals surface area contributed by atoms with Gasteiger partial charge in [-0.25, -0.2) is 4.99 Å². The van der Waals surface area contributed by atoms with E-state index in [1.54, 1.807) is 6.92 Å². The average Bonchev–Trinajstić information content (AvgIpc) is 2.71. The van der Waals surface area contributed by atoms with Crippen LogP contribution in [0.4, 0.5) is 0 Å². The number of carbonyl (C=O) groups is 1. The molecule has 7 nitrogen and oxygen atoms in total. The van der Waals surface area contributed by atoms with Gasteiger partial charge in [0.25, 0.3) is 0 Å². The number of nitrogens with one attached hydrogen (secondary N) is 1. The van der Waals surface area contributed by atoms with Crippen LogP contribution in [0.2, 0.25) is 0 Å². The Bertz CT molecular complexity index is 700. The fourth-order valence-electron chi connectivity index (χ4n) is 3.94. The van der Waals surface area contributed by atoms with Gasteiger partial charge >= 0.3 is 0 Å². The first-order valence-corrected chi connectivity index (χ1v) is 10.8. The minimum absolute atomic E-state index is 0.151. The Kier molecular flexibility index (Phi) is 7.89. The van der Waals surface area contributed by atoms with Crippen molar-refractivity contribution in [3.63, 3.8) is 0 Å². The molecule has 1 atom stereocenters. The maximum Gasteiger partial charge on any atom is 0.219 e. The number of ether oxygens (including phenoxy) is 1. The number of nitrogens with zero attached hydrogens (tertiary/aromatic N) is 4. The van der Waals surface area contributed by atoms with Gasteiger partial charge in [0.05, 0.1) is 19.3 Å². The summed E-state index contributed by atoms with van der Waals surface area (Å²) in [6, 6.07) is 8.73. The van der Waals surface area contributed by atoms with Gasteiger partial charge in [-0.1, -0.05) is 24.3 Å². The van der Waals surface area contributed by atoms with Crippen LogP contribution in [0.15, 0.2) is 29.3 Å². The fraction of sp³-hybridized carbons (Fsp3) is 0.636. The van der Waals surface area contributed by atoms with E-state index in [1.807, 2.05) is 4.90 Å². The predicted molar refractivity (Wildman–Crippen MR) is 116 cm³/mol. The van der Waals surface area contributed by atoms with E-state index < -0.39 is 0 Å². The molecule has 1 aromatic rings. The second kappa shape index (κ2) is 10.6. The summed E-state index contributed by atoms with van der Waals surface area (Å²) in [5, 5.41) is 3.40. The molecule has 2 saturated heterocycles. The summed E-state index contributed by atoms with van der Waals surface area (Å²) in [7, 11) is 0. The molecule has 0 radical (unpaired) electrons. The van der Waals surface area contributed by atoms with Crippen LogP contribution < -0.4 is 5.32 Å². The molecule has 1 aromatic carbocycles. The van der Waals surface area contributed by atoms with Crippen molar-refractivity contribution in [3.8, 4) is 0 Å². The lowest BCUT2D eigenvalue weighted by atomic mass is 10.1. The molecule has 0 bridgehead atoms. The van der Waals surface area contributed by atoms with Crippen molar-refractivity contribution in [2.75, 3.05) is 52.4 Å². The van der Waals surface area contributed by atoms with Crippen LogP contribution in [-0.4, -0.2) is 85.1 Å². The smallest absolute Gasteiger partial charge is 0.219 e. The predicted octanol–water partition coefficient (Wildman–Crippen LogP) is 1.54. The van der Waals surface area contributed by atoms with Crippen LogP contribution in [0, 0.1) is 0 Å². The van der Waals surface area contributed by atoms with Crippen LogP contribution >= 0.6 is 0 Å². The van der Waals surface area contributed by atoms with Crippen LogP contribution in [0.5, 0.6) is 0 Å². The van der Waals surface area contributed by atoms with Gasteiger partial charge < -0.3 is 19.9 Å². The summed E-state index contributed by atoms with van der Waals surface area (Å²) in [5.74, 6) is 1.08. The zero-order valence-electron chi connectivity index (χ0n) is 18.1. The molecule has 3 rings (SSSR count). The largest absolute Gasteiger partial charge is 0.376 e. The number of guanidine groups is 1. The zero-order valence-corrected chi connectivity index (χ0v) is 18.1. The molecular weight excluding hydrogens is 366 g/mol. The number of hydrogen-bond acceptors (Lipinski definition) is 4. The summed E-state index contributed by atoms with van der Waals surface area (Å²) in [4.78, 5) is 23.0.